The van der Waals surface area contributed by atoms with Gasteiger partial charge in [0.15, 0.2) is 0 Å². The van der Waals surface area contributed by atoms with Crippen LogP contribution in [0.1, 0.15) is 24.4 Å². The van der Waals surface area contributed by atoms with Gasteiger partial charge in [0.05, 0.1) is 0 Å². The number of piperidine rings is 1. The van der Waals surface area contributed by atoms with E-state index >= 15 is 0 Å². The van der Waals surface area contributed by atoms with E-state index in [1.54, 1.807) is 0 Å². The monoisotopic (exact) mass is 220 g/mol. The Morgan fingerprint density at radius 1 is 1.38 bits per heavy atom. The predicted molar refractivity (Wildman–Crippen MR) is 60.9 cm³/mol. The van der Waals surface area contributed by atoms with E-state index in [0.29, 0.717) is 0 Å². The molecule has 0 saturated carbocycles. The lowest BCUT2D eigenvalue weighted by Gasteiger charge is -2.29. The zero-order chi connectivity index (χ0) is 11.4. The van der Waals surface area contributed by atoms with Crippen LogP contribution in [-0.4, -0.2) is 18.7 Å². The van der Waals surface area contributed by atoms with E-state index < -0.39 is 6.09 Å². The van der Waals surface area contributed by atoms with Gasteiger partial charge in [-0.25, -0.2) is 4.79 Å². The maximum Gasteiger partial charge on any atom is 0.404 e. The SMILES string of the molecule is NC(=O)OC1CCNC(c2ccccc2)C1. The summed E-state index contributed by atoms with van der Waals surface area (Å²) in [6.45, 7) is 0.845. The maximum atomic E-state index is 10.7. The van der Waals surface area contributed by atoms with Crippen molar-refractivity contribution in [2.75, 3.05) is 6.54 Å². The molecule has 16 heavy (non-hydrogen) atoms. The molecule has 0 radical (unpaired) electrons. The molecule has 1 fully saturated rings. The number of nitrogens with one attached hydrogen (secondary N) is 1. The van der Waals surface area contributed by atoms with Crippen molar-refractivity contribution < 1.29 is 9.53 Å². The number of carbonyl (C=O) groups is 1. The van der Waals surface area contributed by atoms with Gasteiger partial charge < -0.3 is 15.8 Å². The number of nitrogens with two attached hydrogens (primary N) is 1. The molecule has 4 heteroatoms. The van der Waals surface area contributed by atoms with Crippen molar-refractivity contribution in [2.24, 2.45) is 5.73 Å². The van der Waals surface area contributed by atoms with Gasteiger partial charge in [0.1, 0.15) is 6.10 Å². The first-order valence-electron chi connectivity index (χ1n) is 5.50. The summed E-state index contributed by atoms with van der Waals surface area (Å²) in [4.78, 5) is 10.7. The van der Waals surface area contributed by atoms with E-state index in [2.05, 4.69) is 17.4 Å². The van der Waals surface area contributed by atoms with Crippen LogP contribution in [0.5, 0.6) is 0 Å². The van der Waals surface area contributed by atoms with Crippen LogP contribution in [0.25, 0.3) is 0 Å². The number of ether oxygens (including phenoxy) is 1. The molecule has 1 saturated heterocycles. The summed E-state index contributed by atoms with van der Waals surface area (Å²) in [5.74, 6) is 0. The lowest BCUT2D eigenvalue weighted by molar-refractivity contribution is 0.0755. The summed E-state index contributed by atoms with van der Waals surface area (Å²) in [7, 11) is 0. The minimum absolute atomic E-state index is 0.0658. The summed E-state index contributed by atoms with van der Waals surface area (Å²) < 4.78 is 5.04. The van der Waals surface area contributed by atoms with Crippen LogP contribution in [0.4, 0.5) is 4.79 Å². The number of primary amides is 1. The Bertz CT molecular complexity index is 353. The van der Waals surface area contributed by atoms with Gasteiger partial charge in [-0.15, -0.1) is 0 Å². The standard InChI is InChI=1S/C12H16N2O2/c13-12(15)16-10-6-7-14-11(8-10)9-4-2-1-3-5-9/h1-5,10-11,14H,6-8H2,(H2,13,15). The Kier molecular flexibility index (Phi) is 3.41. The first-order valence-corrected chi connectivity index (χ1v) is 5.50. The number of amides is 1. The van der Waals surface area contributed by atoms with Crippen LogP contribution in [0.3, 0.4) is 0 Å². The van der Waals surface area contributed by atoms with Gasteiger partial charge in [0.2, 0.25) is 0 Å². The number of rotatable bonds is 2. The molecule has 1 heterocycles. The van der Waals surface area contributed by atoms with Gasteiger partial charge in [0.25, 0.3) is 0 Å². The summed E-state index contributed by atoms with van der Waals surface area (Å²) in [6.07, 6.45) is 0.863. The summed E-state index contributed by atoms with van der Waals surface area (Å²) >= 11 is 0. The van der Waals surface area contributed by atoms with Gasteiger partial charge >= 0.3 is 6.09 Å². The zero-order valence-corrected chi connectivity index (χ0v) is 9.06. The molecule has 4 nitrogen and oxygen atoms in total. The average Bonchev–Trinajstić information content (AvgIpc) is 2.30. The highest BCUT2D eigenvalue weighted by molar-refractivity contribution is 5.64. The van der Waals surface area contributed by atoms with E-state index in [4.69, 9.17) is 10.5 Å². The molecule has 0 aliphatic carbocycles. The van der Waals surface area contributed by atoms with Crippen molar-refractivity contribution in [1.29, 1.82) is 0 Å². The van der Waals surface area contributed by atoms with E-state index in [0.717, 1.165) is 19.4 Å². The molecular formula is C12H16N2O2. The molecule has 86 valence electrons. The molecule has 1 aliphatic rings. The summed E-state index contributed by atoms with van der Waals surface area (Å²) in [5, 5.41) is 3.41. The fourth-order valence-corrected chi connectivity index (χ4v) is 2.09. The summed E-state index contributed by atoms with van der Waals surface area (Å²) in [6, 6.07) is 10.4. The van der Waals surface area contributed by atoms with Gasteiger partial charge in [-0.3, -0.25) is 0 Å². The van der Waals surface area contributed by atoms with Gasteiger partial charge in [-0.2, -0.15) is 0 Å². The average molecular weight is 220 g/mol. The largest absolute Gasteiger partial charge is 0.446 e. The first-order chi connectivity index (χ1) is 7.75. The van der Waals surface area contributed by atoms with Gasteiger partial charge in [-0.1, -0.05) is 30.3 Å². The normalized spacial score (nSPS) is 25.0. The molecule has 3 N–H and O–H groups in total. The molecule has 1 aromatic carbocycles. The van der Waals surface area contributed by atoms with Crippen molar-refractivity contribution in [1.82, 2.24) is 5.32 Å². The summed E-state index contributed by atoms with van der Waals surface area (Å²) in [5.41, 5.74) is 6.25. The van der Waals surface area contributed by atoms with E-state index in [1.807, 2.05) is 18.2 Å². The first kappa shape index (κ1) is 11.0. The molecule has 2 unspecified atom stereocenters. The zero-order valence-electron chi connectivity index (χ0n) is 9.06. The second-order valence-corrected chi connectivity index (χ2v) is 4.00. The molecule has 1 aliphatic heterocycles. The molecule has 2 rings (SSSR count). The van der Waals surface area contributed by atoms with Crippen molar-refractivity contribution in [3.63, 3.8) is 0 Å². The van der Waals surface area contributed by atoms with Crippen LogP contribution in [0.15, 0.2) is 30.3 Å². The van der Waals surface area contributed by atoms with Crippen molar-refractivity contribution in [3.05, 3.63) is 35.9 Å². The number of benzene rings is 1. The van der Waals surface area contributed by atoms with Gasteiger partial charge in [0, 0.05) is 12.5 Å². The van der Waals surface area contributed by atoms with E-state index in [-0.39, 0.29) is 12.1 Å². The molecule has 0 aromatic heterocycles. The van der Waals surface area contributed by atoms with Crippen molar-refractivity contribution in [3.8, 4) is 0 Å². The number of hydrogen-bond acceptors (Lipinski definition) is 3. The third-order valence-corrected chi connectivity index (χ3v) is 2.84. The Hall–Kier alpha value is -1.55. The third-order valence-electron chi connectivity index (χ3n) is 2.84. The van der Waals surface area contributed by atoms with Gasteiger partial charge in [-0.05, 0) is 18.5 Å². The third kappa shape index (κ3) is 2.73. The smallest absolute Gasteiger partial charge is 0.404 e. The topological polar surface area (TPSA) is 64.4 Å². The fraction of sp³-hybridized carbons (Fsp3) is 0.417. The second-order valence-electron chi connectivity index (χ2n) is 4.00. The quantitative estimate of drug-likeness (QED) is 0.795. The highest BCUT2D eigenvalue weighted by atomic mass is 16.6. The molecule has 2 atom stereocenters. The highest BCUT2D eigenvalue weighted by Crippen LogP contribution is 2.24. The number of carbonyl (C=O) groups excluding carboxylic acids is 1. The minimum atomic E-state index is -0.682. The Balaban J connectivity index is 1.99. The molecule has 1 aromatic rings. The Labute approximate surface area is 94.8 Å². The lowest BCUT2D eigenvalue weighted by Crippen LogP contribution is -2.37. The fourth-order valence-electron chi connectivity index (χ4n) is 2.09. The molecule has 0 bridgehead atoms. The number of hydrogen-bond donors (Lipinski definition) is 2. The van der Waals surface area contributed by atoms with Crippen LogP contribution < -0.4 is 11.1 Å². The van der Waals surface area contributed by atoms with E-state index in [1.165, 1.54) is 5.56 Å². The molecular weight excluding hydrogens is 204 g/mol. The Morgan fingerprint density at radius 3 is 2.81 bits per heavy atom. The Morgan fingerprint density at radius 2 is 2.12 bits per heavy atom. The van der Waals surface area contributed by atoms with Crippen LogP contribution >= 0.6 is 0 Å². The van der Waals surface area contributed by atoms with Crippen LogP contribution in [0.2, 0.25) is 0 Å². The van der Waals surface area contributed by atoms with Crippen LogP contribution in [-0.2, 0) is 4.74 Å². The van der Waals surface area contributed by atoms with Crippen LogP contribution in [0, 0.1) is 0 Å². The molecule has 0 spiro atoms. The second kappa shape index (κ2) is 4.99. The highest BCUT2D eigenvalue weighted by Gasteiger charge is 2.24. The lowest BCUT2D eigenvalue weighted by atomic mass is 9.95. The minimum Gasteiger partial charge on any atom is -0.446 e. The predicted octanol–water partition coefficient (Wildman–Crippen LogP) is 1.57. The molecule has 1 amide bonds. The van der Waals surface area contributed by atoms with Crippen molar-refractivity contribution in [2.45, 2.75) is 25.0 Å². The maximum absolute atomic E-state index is 10.7. The van der Waals surface area contributed by atoms with Crippen molar-refractivity contribution >= 4 is 6.09 Å². The van der Waals surface area contributed by atoms with E-state index in [9.17, 15) is 4.79 Å².